The van der Waals surface area contributed by atoms with Crippen molar-refractivity contribution in [1.29, 1.82) is 0 Å². The molecule has 0 spiro atoms. The van der Waals surface area contributed by atoms with Crippen molar-refractivity contribution in [3.8, 4) is 0 Å². The zero-order valence-electron chi connectivity index (χ0n) is 7.92. The molecule has 15 heavy (non-hydrogen) atoms. The van der Waals surface area contributed by atoms with Crippen LogP contribution in [0.4, 0.5) is 0 Å². The highest BCUT2D eigenvalue weighted by atomic mass is 35.5. The van der Waals surface area contributed by atoms with Gasteiger partial charge in [-0.2, -0.15) is 0 Å². The van der Waals surface area contributed by atoms with Crippen LogP contribution in [-0.2, 0) is 0 Å². The van der Waals surface area contributed by atoms with Crippen LogP contribution >= 0.6 is 11.6 Å². The van der Waals surface area contributed by atoms with Gasteiger partial charge in [0, 0.05) is 5.56 Å². The van der Waals surface area contributed by atoms with Gasteiger partial charge in [0.2, 0.25) is 0 Å². The molecule has 2 atom stereocenters. The maximum absolute atomic E-state index is 9.72. The standard InChI is InChI=1S/C10H12ClNO3/c11-5-9(13)10(14)8-4-2-1-3-7(8)6-12-15/h1-4,6,9-10,13-15H,5H2. The van der Waals surface area contributed by atoms with Crippen molar-refractivity contribution >= 4 is 17.8 Å². The lowest BCUT2D eigenvalue weighted by Crippen LogP contribution is -2.20. The number of hydrogen-bond acceptors (Lipinski definition) is 4. The number of rotatable bonds is 4. The normalized spacial score (nSPS) is 15.4. The number of alkyl halides is 1. The third kappa shape index (κ3) is 2.92. The van der Waals surface area contributed by atoms with Crippen molar-refractivity contribution in [3.63, 3.8) is 0 Å². The number of hydrogen-bond donors (Lipinski definition) is 3. The van der Waals surface area contributed by atoms with Gasteiger partial charge in [0.05, 0.1) is 18.2 Å². The lowest BCUT2D eigenvalue weighted by molar-refractivity contribution is 0.0326. The maximum atomic E-state index is 9.72. The van der Waals surface area contributed by atoms with E-state index in [2.05, 4.69) is 5.16 Å². The lowest BCUT2D eigenvalue weighted by atomic mass is 10.00. The Morgan fingerprint density at radius 2 is 2.00 bits per heavy atom. The first-order valence-corrected chi connectivity index (χ1v) is 4.92. The molecule has 0 saturated carbocycles. The van der Waals surface area contributed by atoms with Gasteiger partial charge in [-0.3, -0.25) is 0 Å². The predicted octanol–water partition coefficient (Wildman–Crippen LogP) is 1.13. The number of nitrogens with zero attached hydrogens (tertiary/aromatic N) is 1. The second kappa shape index (κ2) is 5.70. The summed E-state index contributed by atoms with van der Waals surface area (Å²) in [6.45, 7) is 0. The van der Waals surface area contributed by atoms with E-state index in [4.69, 9.17) is 16.8 Å². The summed E-state index contributed by atoms with van der Waals surface area (Å²) < 4.78 is 0. The maximum Gasteiger partial charge on any atom is 0.107 e. The Hall–Kier alpha value is -1.10. The summed E-state index contributed by atoms with van der Waals surface area (Å²) in [6, 6.07) is 6.76. The Labute approximate surface area is 92.4 Å². The Morgan fingerprint density at radius 3 is 2.60 bits per heavy atom. The van der Waals surface area contributed by atoms with Crippen LogP contribution in [0.15, 0.2) is 29.4 Å². The van der Waals surface area contributed by atoms with Gasteiger partial charge in [0.1, 0.15) is 6.10 Å². The minimum Gasteiger partial charge on any atom is -0.411 e. The topological polar surface area (TPSA) is 73.1 Å². The van der Waals surface area contributed by atoms with E-state index in [1.807, 2.05) is 0 Å². The van der Waals surface area contributed by atoms with Crippen molar-refractivity contribution in [2.75, 3.05) is 5.88 Å². The highest BCUT2D eigenvalue weighted by Crippen LogP contribution is 2.20. The van der Waals surface area contributed by atoms with E-state index in [-0.39, 0.29) is 5.88 Å². The smallest absolute Gasteiger partial charge is 0.107 e. The SMILES string of the molecule is ON=Cc1ccccc1C(O)C(O)CCl. The van der Waals surface area contributed by atoms with Crippen LogP contribution in [0.3, 0.4) is 0 Å². The number of aliphatic hydroxyl groups excluding tert-OH is 2. The van der Waals surface area contributed by atoms with E-state index in [9.17, 15) is 10.2 Å². The van der Waals surface area contributed by atoms with Crippen LogP contribution in [0, 0.1) is 0 Å². The van der Waals surface area contributed by atoms with Gasteiger partial charge >= 0.3 is 0 Å². The van der Waals surface area contributed by atoms with Gasteiger partial charge < -0.3 is 15.4 Å². The molecular weight excluding hydrogens is 218 g/mol. The molecule has 0 radical (unpaired) electrons. The average molecular weight is 230 g/mol. The molecule has 5 heteroatoms. The second-order valence-electron chi connectivity index (χ2n) is 3.04. The third-order valence-electron chi connectivity index (χ3n) is 2.03. The van der Waals surface area contributed by atoms with Crippen LogP contribution < -0.4 is 0 Å². The average Bonchev–Trinajstić information content (AvgIpc) is 2.28. The van der Waals surface area contributed by atoms with Crippen LogP contribution in [0.5, 0.6) is 0 Å². The Balaban J connectivity index is 3.01. The van der Waals surface area contributed by atoms with Crippen LogP contribution in [0.2, 0.25) is 0 Å². The molecule has 1 aromatic rings. The Morgan fingerprint density at radius 1 is 1.33 bits per heavy atom. The molecule has 0 amide bonds. The van der Waals surface area contributed by atoms with Crippen molar-refractivity contribution in [1.82, 2.24) is 0 Å². The first kappa shape index (κ1) is 12.0. The molecule has 0 heterocycles. The number of aliphatic hydroxyl groups is 2. The van der Waals surface area contributed by atoms with Gasteiger partial charge in [0.15, 0.2) is 0 Å². The number of oxime groups is 1. The van der Waals surface area contributed by atoms with E-state index < -0.39 is 12.2 Å². The molecule has 0 fully saturated rings. The molecule has 0 aliphatic rings. The van der Waals surface area contributed by atoms with E-state index in [1.165, 1.54) is 6.21 Å². The molecule has 0 aromatic heterocycles. The lowest BCUT2D eigenvalue weighted by Gasteiger charge is -2.17. The quantitative estimate of drug-likeness (QED) is 0.314. The van der Waals surface area contributed by atoms with Gasteiger partial charge in [-0.15, -0.1) is 11.6 Å². The van der Waals surface area contributed by atoms with E-state index in [0.717, 1.165) is 0 Å². The summed E-state index contributed by atoms with van der Waals surface area (Å²) in [5.74, 6) is -0.0637. The van der Waals surface area contributed by atoms with Crippen LogP contribution in [-0.4, -0.2) is 33.6 Å². The molecule has 1 aromatic carbocycles. The first-order chi connectivity index (χ1) is 7.20. The summed E-state index contributed by atoms with van der Waals surface area (Å²) >= 11 is 5.43. The molecule has 82 valence electrons. The predicted molar refractivity (Wildman–Crippen MR) is 57.5 cm³/mol. The summed E-state index contributed by atoms with van der Waals surface area (Å²) in [5, 5.41) is 30.4. The van der Waals surface area contributed by atoms with Gasteiger partial charge in [0.25, 0.3) is 0 Å². The number of halogens is 1. The van der Waals surface area contributed by atoms with Crippen LogP contribution in [0.1, 0.15) is 17.2 Å². The summed E-state index contributed by atoms with van der Waals surface area (Å²) in [6.07, 6.45) is -0.934. The van der Waals surface area contributed by atoms with Gasteiger partial charge in [-0.25, -0.2) is 0 Å². The zero-order chi connectivity index (χ0) is 11.3. The van der Waals surface area contributed by atoms with Crippen LogP contribution in [0.25, 0.3) is 0 Å². The minimum atomic E-state index is -1.09. The van der Waals surface area contributed by atoms with Crippen molar-refractivity contribution in [2.45, 2.75) is 12.2 Å². The van der Waals surface area contributed by atoms with Gasteiger partial charge in [-0.1, -0.05) is 29.4 Å². The number of benzene rings is 1. The molecule has 0 aliphatic carbocycles. The molecule has 3 N–H and O–H groups in total. The van der Waals surface area contributed by atoms with E-state index in [0.29, 0.717) is 11.1 Å². The monoisotopic (exact) mass is 229 g/mol. The molecule has 2 unspecified atom stereocenters. The minimum absolute atomic E-state index is 0.0637. The van der Waals surface area contributed by atoms with Crippen molar-refractivity contribution in [2.24, 2.45) is 5.16 Å². The van der Waals surface area contributed by atoms with Crippen molar-refractivity contribution < 1.29 is 15.4 Å². The first-order valence-electron chi connectivity index (χ1n) is 4.39. The second-order valence-corrected chi connectivity index (χ2v) is 3.35. The van der Waals surface area contributed by atoms with Gasteiger partial charge in [-0.05, 0) is 5.56 Å². The third-order valence-corrected chi connectivity index (χ3v) is 2.35. The molecular formula is C10H12ClNO3. The fraction of sp³-hybridized carbons (Fsp3) is 0.300. The molecule has 4 nitrogen and oxygen atoms in total. The molecule has 0 bridgehead atoms. The van der Waals surface area contributed by atoms with Crippen molar-refractivity contribution in [3.05, 3.63) is 35.4 Å². The molecule has 0 saturated heterocycles. The highest BCUT2D eigenvalue weighted by Gasteiger charge is 2.19. The summed E-state index contributed by atoms with van der Waals surface area (Å²) in [5.41, 5.74) is 1.01. The summed E-state index contributed by atoms with van der Waals surface area (Å²) in [7, 11) is 0. The largest absolute Gasteiger partial charge is 0.411 e. The van der Waals surface area contributed by atoms with E-state index >= 15 is 0 Å². The highest BCUT2D eigenvalue weighted by molar-refractivity contribution is 6.18. The zero-order valence-corrected chi connectivity index (χ0v) is 8.67. The molecule has 1 rings (SSSR count). The molecule has 0 aliphatic heterocycles. The fourth-order valence-electron chi connectivity index (χ4n) is 1.25. The Bertz CT molecular complexity index is 343. The fourth-order valence-corrected chi connectivity index (χ4v) is 1.42. The summed E-state index contributed by atoms with van der Waals surface area (Å²) in [4.78, 5) is 0. The Kier molecular flexibility index (Phi) is 4.55. The van der Waals surface area contributed by atoms with E-state index in [1.54, 1.807) is 24.3 Å².